The number of benzene rings is 3. The minimum Gasteiger partial charge on any atom is -0.489 e. The van der Waals surface area contributed by atoms with Gasteiger partial charge in [0, 0.05) is 11.6 Å². The number of thioether (sulfide) groups is 1. The smallest absolute Gasteiger partial charge is 0.266 e. The van der Waals surface area contributed by atoms with Crippen molar-refractivity contribution in [1.82, 2.24) is 4.90 Å². The van der Waals surface area contributed by atoms with E-state index in [1.54, 1.807) is 23.1 Å². The highest BCUT2D eigenvalue weighted by atomic mass is 35.5. The lowest BCUT2D eigenvalue weighted by molar-refractivity contribution is -0.122. The first-order valence-corrected chi connectivity index (χ1v) is 11.7. The molecule has 168 valence electrons. The Morgan fingerprint density at radius 2 is 1.85 bits per heavy atom. The Hall–Kier alpha value is -3.09. The van der Waals surface area contributed by atoms with Gasteiger partial charge in [-0.3, -0.25) is 9.69 Å². The van der Waals surface area contributed by atoms with Gasteiger partial charge in [-0.1, -0.05) is 42.8 Å². The zero-order valence-corrected chi connectivity index (χ0v) is 19.6. The van der Waals surface area contributed by atoms with Crippen LogP contribution in [-0.2, 0) is 11.4 Å². The predicted octanol–water partition coefficient (Wildman–Crippen LogP) is 7.07. The van der Waals surface area contributed by atoms with Crippen molar-refractivity contribution in [2.24, 2.45) is 4.99 Å². The number of carbonyl (C=O) groups is 1. The summed E-state index contributed by atoms with van der Waals surface area (Å²) in [5, 5.41) is 1.30. The summed E-state index contributed by atoms with van der Waals surface area (Å²) in [6.45, 7) is 2.91. The molecule has 0 N–H and O–H groups in total. The molecule has 0 unspecified atom stereocenters. The van der Waals surface area contributed by atoms with E-state index >= 15 is 0 Å². The molecule has 4 nitrogen and oxygen atoms in total. The van der Waals surface area contributed by atoms with Gasteiger partial charge >= 0.3 is 0 Å². The third-order valence-corrected chi connectivity index (χ3v) is 6.12. The normalized spacial score (nSPS) is 16.1. The van der Waals surface area contributed by atoms with Crippen LogP contribution < -0.4 is 4.74 Å². The molecule has 0 atom stereocenters. The van der Waals surface area contributed by atoms with Crippen LogP contribution in [0.25, 0.3) is 6.08 Å². The molecule has 0 radical (unpaired) electrons. The molecule has 3 aromatic rings. The predicted molar refractivity (Wildman–Crippen MR) is 133 cm³/mol. The van der Waals surface area contributed by atoms with Gasteiger partial charge in [-0.2, -0.15) is 0 Å². The van der Waals surface area contributed by atoms with E-state index in [4.69, 9.17) is 16.3 Å². The molecule has 1 saturated heterocycles. The van der Waals surface area contributed by atoms with E-state index in [0.717, 1.165) is 23.2 Å². The Bertz CT molecular complexity index is 1190. The highest BCUT2D eigenvalue weighted by Crippen LogP contribution is 2.34. The third kappa shape index (κ3) is 6.03. The second-order valence-corrected chi connectivity index (χ2v) is 8.87. The number of rotatable bonds is 7. The van der Waals surface area contributed by atoms with Crippen LogP contribution in [0.3, 0.4) is 0 Å². The molecule has 1 aliphatic heterocycles. The van der Waals surface area contributed by atoms with Crippen LogP contribution >= 0.6 is 23.4 Å². The number of amidine groups is 1. The van der Waals surface area contributed by atoms with Crippen LogP contribution in [-0.4, -0.2) is 22.5 Å². The number of aliphatic imine (C=N–C) groups is 1. The van der Waals surface area contributed by atoms with Gasteiger partial charge in [-0.25, -0.2) is 9.38 Å². The van der Waals surface area contributed by atoms with Gasteiger partial charge in [0.05, 0.1) is 10.6 Å². The molecule has 4 rings (SSSR count). The van der Waals surface area contributed by atoms with Crippen LogP contribution in [0.2, 0.25) is 5.02 Å². The first-order chi connectivity index (χ1) is 16.0. The van der Waals surface area contributed by atoms with Crippen LogP contribution in [0.15, 0.2) is 82.7 Å². The van der Waals surface area contributed by atoms with E-state index in [1.807, 2.05) is 55.5 Å². The van der Waals surface area contributed by atoms with Crippen molar-refractivity contribution >= 4 is 46.2 Å². The van der Waals surface area contributed by atoms with Gasteiger partial charge in [0.15, 0.2) is 5.17 Å². The molecule has 7 heteroatoms. The summed E-state index contributed by atoms with van der Waals surface area (Å²) in [6.07, 6.45) is 2.69. The van der Waals surface area contributed by atoms with Crippen molar-refractivity contribution in [1.29, 1.82) is 0 Å². The summed E-state index contributed by atoms with van der Waals surface area (Å²) in [5.41, 5.74) is 2.39. The largest absolute Gasteiger partial charge is 0.489 e. The molecular formula is C26H22ClFN2O2S. The molecule has 0 aliphatic carbocycles. The molecule has 1 fully saturated rings. The second kappa shape index (κ2) is 10.7. The van der Waals surface area contributed by atoms with Crippen molar-refractivity contribution in [2.45, 2.75) is 20.0 Å². The van der Waals surface area contributed by atoms with Gasteiger partial charge in [0.2, 0.25) is 0 Å². The highest BCUT2D eigenvalue weighted by Gasteiger charge is 2.32. The van der Waals surface area contributed by atoms with Crippen LogP contribution in [0.4, 0.5) is 10.1 Å². The summed E-state index contributed by atoms with van der Waals surface area (Å²) in [6, 6.07) is 21.0. The Morgan fingerprint density at radius 1 is 1.09 bits per heavy atom. The number of ether oxygens (including phenoxy) is 1. The SMILES string of the molecule is CCCN1C(=O)/C(=C/c2ccc(OCc3cccc(F)c3)cc2)SC1=Nc1ccc(Cl)cc1. The first kappa shape index (κ1) is 23.1. The van der Waals surface area contributed by atoms with Crippen LogP contribution in [0, 0.1) is 5.82 Å². The molecule has 1 amide bonds. The average Bonchev–Trinajstić information content (AvgIpc) is 3.09. The quantitative estimate of drug-likeness (QED) is 0.339. The average molecular weight is 481 g/mol. The number of halogens is 2. The lowest BCUT2D eigenvalue weighted by atomic mass is 10.2. The van der Waals surface area contributed by atoms with E-state index in [1.165, 1.54) is 23.9 Å². The number of hydrogen-bond acceptors (Lipinski definition) is 4. The highest BCUT2D eigenvalue weighted by molar-refractivity contribution is 8.18. The van der Waals surface area contributed by atoms with E-state index in [2.05, 4.69) is 4.99 Å². The van der Waals surface area contributed by atoms with Crippen molar-refractivity contribution in [2.75, 3.05) is 6.54 Å². The summed E-state index contributed by atoms with van der Waals surface area (Å²) < 4.78 is 19.0. The Labute approximate surface area is 201 Å². The molecule has 1 aliphatic rings. The Kier molecular flexibility index (Phi) is 7.47. The van der Waals surface area contributed by atoms with E-state index in [0.29, 0.717) is 27.4 Å². The van der Waals surface area contributed by atoms with Crippen LogP contribution in [0.5, 0.6) is 5.75 Å². The summed E-state index contributed by atoms with van der Waals surface area (Å²) in [7, 11) is 0. The Morgan fingerprint density at radius 3 is 2.55 bits per heavy atom. The Balaban J connectivity index is 1.48. The molecule has 1 heterocycles. The summed E-state index contributed by atoms with van der Waals surface area (Å²) >= 11 is 7.32. The first-order valence-electron chi connectivity index (χ1n) is 10.5. The molecule has 0 spiro atoms. The monoisotopic (exact) mass is 480 g/mol. The van der Waals surface area contributed by atoms with Gasteiger partial charge in [0.25, 0.3) is 5.91 Å². The van der Waals surface area contributed by atoms with Crippen molar-refractivity contribution in [3.05, 3.63) is 99.7 Å². The molecular weight excluding hydrogens is 459 g/mol. The molecule has 33 heavy (non-hydrogen) atoms. The van der Waals surface area contributed by atoms with Crippen molar-refractivity contribution in [3.63, 3.8) is 0 Å². The standard InChI is InChI=1S/C26H22ClFN2O2S/c1-2-14-30-25(31)24(33-26(30)29-22-10-8-20(27)9-11-22)16-18-6-12-23(13-7-18)32-17-19-4-3-5-21(28)15-19/h3-13,15-16H,2,14,17H2,1H3/b24-16-,29-26?. The zero-order valence-electron chi connectivity index (χ0n) is 18.0. The fourth-order valence-corrected chi connectivity index (χ4v) is 4.39. The van der Waals surface area contributed by atoms with E-state index in [9.17, 15) is 9.18 Å². The van der Waals surface area contributed by atoms with Gasteiger partial charge in [-0.05, 0) is 83.9 Å². The lowest BCUT2D eigenvalue weighted by Gasteiger charge is -2.13. The number of nitrogens with zero attached hydrogens (tertiary/aromatic N) is 2. The number of hydrogen-bond donors (Lipinski definition) is 0. The number of carbonyl (C=O) groups excluding carboxylic acids is 1. The topological polar surface area (TPSA) is 41.9 Å². The summed E-state index contributed by atoms with van der Waals surface area (Å²) in [4.78, 5) is 20.0. The van der Waals surface area contributed by atoms with E-state index < -0.39 is 0 Å². The zero-order chi connectivity index (χ0) is 23.2. The number of amides is 1. The fourth-order valence-electron chi connectivity index (χ4n) is 3.24. The lowest BCUT2D eigenvalue weighted by Crippen LogP contribution is -2.29. The third-order valence-electron chi connectivity index (χ3n) is 4.86. The maximum Gasteiger partial charge on any atom is 0.266 e. The van der Waals surface area contributed by atoms with Gasteiger partial charge in [0.1, 0.15) is 18.2 Å². The maximum absolute atomic E-state index is 13.3. The molecule has 3 aromatic carbocycles. The van der Waals surface area contributed by atoms with Gasteiger partial charge in [-0.15, -0.1) is 0 Å². The molecule has 0 saturated carbocycles. The minimum absolute atomic E-state index is 0.0546. The fraction of sp³-hybridized carbons (Fsp3) is 0.154. The van der Waals surface area contributed by atoms with Gasteiger partial charge < -0.3 is 4.74 Å². The second-order valence-electron chi connectivity index (χ2n) is 7.43. The molecule has 0 aromatic heterocycles. The van der Waals surface area contributed by atoms with Crippen molar-refractivity contribution in [3.8, 4) is 5.75 Å². The minimum atomic E-state index is -0.284. The maximum atomic E-state index is 13.3. The molecule has 0 bridgehead atoms. The van der Waals surface area contributed by atoms with Crippen molar-refractivity contribution < 1.29 is 13.9 Å². The summed E-state index contributed by atoms with van der Waals surface area (Å²) in [5.74, 6) is 0.332. The van der Waals surface area contributed by atoms with Crippen LogP contribution in [0.1, 0.15) is 24.5 Å². The van der Waals surface area contributed by atoms with E-state index in [-0.39, 0.29) is 18.3 Å².